The predicted octanol–water partition coefficient (Wildman–Crippen LogP) is 0.806. The van der Waals surface area contributed by atoms with E-state index in [1.165, 1.54) is 25.3 Å². The highest BCUT2D eigenvalue weighted by molar-refractivity contribution is 6.63. The first-order chi connectivity index (χ1) is 8.06. The maximum atomic E-state index is 13.6. The molecule has 0 bridgehead atoms. The number of halogens is 2. The van der Waals surface area contributed by atoms with Gasteiger partial charge in [-0.25, -0.2) is 8.78 Å². The van der Waals surface area contributed by atoms with Gasteiger partial charge in [0.25, 0.3) is 0 Å². The highest BCUT2D eigenvalue weighted by Gasteiger charge is 2.24. The zero-order chi connectivity index (χ0) is 12.6. The third-order valence-corrected chi connectivity index (χ3v) is 2.54. The third-order valence-electron chi connectivity index (χ3n) is 2.54. The van der Waals surface area contributed by atoms with Crippen LogP contribution in [-0.4, -0.2) is 24.3 Å². The summed E-state index contributed by atoms with van der Waals surface area (Å²) in [5.74, 6) is -1.77. The second-order valence-corrected chi connectivity index (χ2v) is 3.51. The van der Waals surface area contributed by atoms with E-state index in [9.17, 15) is 18.8 Å². The monoisotopic (exact) mass is 238 g/mol. The molecule has 0 amide bonds. The minimum atomic E-state index is -1.94. The topological polar surface area (TPSA) is 49.7 Å². The fourth-order valence-corrected chi connectivity index (χ4v) is 1.83. The van der Waals surface area contributed by atoms with E-state index in [4.69, 9.17) is 4.74 Å². The molecule has 6 heteroatoms. The Kier molecular flexibility index (Phi) is 3.00. The van der Waals surface area contributed by atoms with Crippen molar-refractivity contribution in [2.75, 3.05) is 7.11 Å². The molecule has 0 aliphatic rings. The SMILES string of the molecule is COc1c(F)cc2c(F)cccc2c1B(O)O. The number of hydrogen-bond acceptors (Lipinski definition) is 3. The molecule has 0 radical (unpaired) electrons. The fraction of sp³-hybridized carbons (Fsp3) is 0.0909. The van der Waals surface area contributed by atoms with Crippen LogP contribution in [0.5, 0.6) is 5.75 Å². The molecular formula is C11H9BF2O3. The number of fused-ring (bicyclic) bond motifs is 1. The van der Waals surface area contributed by atoms with E-state index in [1.807, 2.05) is 0 Å². The molecule has 0 unspecified atom stereocenters. The molecule has 0 heterocycles. The zero-order valence-electron chi connectivity index (χ0n) is 8.95. The minimum absolute atomic E-state index is 0.0195. The Morgan fingerprint density at radius 1 is 1.12 bits per heavy atom. The average Bonchev–Trinajstić information content (AvgIpc) is 2.28. The summed E-state index contributed by atoms with van der Waals surface area (Å²) >= 11 is 0. The van der Waals surface area contributed by atoms with Crippen LogP contribution in [0.2, 0.25) is 0 Å². The second kappa shape index (κ2) is 4.31. The second-order valence-electron chi connectivity index (χ2n) is 3.51. The Bertz CT molecular complexity index is 572. The Hall–Kier alpha value is -1.66. The molecular weight excluding hydrogens is 229 g/mol. The van der Waals surface area contributed by atoms with Gasteiger partial charge in [-0.15, -0.1) is 0 Å². The van der Waals surface area contributed by atoms with Gasteiger partial charge in [0.15, 0.2) is 11.6 Å². The molecule has 0 aromatic heterocycles. The summed E-state index contributed by atoms with van der Waals surface area (Å²) in [6.07, 6.45) is 0. The van der Waals surface area contributed by atoms with Gasteiger partial charge in [0.1, 0.15) is 5.82 Å². The van der Waals surface area contributed by atoms with E-state index < -0.39 is 18.8 Å². The number of ether oxygens (including phenoxy) is 1. The normalized spacial score (nSPS) is 10.6. The van der Waals surface area contributed by atoms with Crippen LogP contribution in [0.1, 0.15) is 0 Å². The van der Waals surface area contributed by atoms with Crippen molar-refractivity contribution in [3.63, 3.8) is 0 Å². The van der Waals surface area contributed by atoms with Gasteiger partial charge in [-0.3, -0.25) is 0 Å². The molecule has 2 N–H and O–H groups in total. The maximum Gasteiger partial charge on any atom is 0.493 e. The van der Waals surface area contributed by atoms with Crippen molar-refractivity contribution in [1.29, 1.82) is 0 Å². The predicted molar refractivity (Wildman–Crippen MR) is 60.2 cm³/mol. The number of methoxy groups -OCH3 is 1. The molecule has 3 nitrogen and oxygen atoms in total. The summed E-state index contributed by atoms with van der Waals surface area (Å²) in [6, 6.07) is 5.01. The van der Waals surface area contributed by atoms with Crippen LogP contribution in [0.3, 0.4) is 0 Å². The lowest BCUT2D eigenvalue weighted by Gasteiger charge is -2.12. The summed E-state index contributed by atoms with van der Waals surface area (Å²) in [6.45, 7) is 0. The van der Waals surface area contributed by atoms with E-state index in [-0.39, 0.29) is 22.0 Å². The first-order valence-corrected chi connectivity index (χ1v) is 4.87. The Morgan fingerprint density at radius 3 is 2.41 bits per heavy atom. The lowest BCUT2D eigenvalue weighted by atomic mass is 9.76. The average molecular weight is 238 g/mol. The molecule has 0 spiro atoms. The number of benzene rings is 2. The molecule has 2 aromatic carbocycles. The van der Waals surface area contributed by atoms with E-state index in [2.05, 4.69) is 0 Å². The van der Waals surface area contributed by atoms with Crippen LogP contribution in [0.25, 0.3) is 10.8 Å². The van der Waals surface area contributed by atoms with E-state index in [0.29, 0.717) is 0 Å². The van der Waals surface area contributed by atoms with Crippen LogP contribution in [0.4, 0.5) is 8.78 Å². The van der Waals surface area contributed by atoms with Crippen molar-refractivity contribution in [3.8, 4) is 5.75 Å². The van der Waals surface area contributed by atoms with Gasteiger partial charge >= 0.3 is 7.12 Å². The summed E-state index contributed by atoms with van der Waals surface area (Å²) in [7, 11) is -0.736. The van der Waals surface area contributed by atoms with E-state index in [1.54, 1.807) is 0 Å². The molecule has 0 atom stereocenters. The molecule has 2 aromatic rings. The van der Waals surface area contributed by atoms with Crippen LogP contribution in [-0.2, 0) is 0 Å². The van der Waals surface area contributed by atoms with Gasteiger partial charge in [0.2, 0.25) is 0 Å². The van der Waals surface area contributed by atoms with Gasteiger partial charge in [0.05, 0.1) is 7.11 Å². The Morgan fingerprint density at radius 2 is 1.82 bits per heavy atom. The van der Waals surface area contributed by atoms with Crippen molar-refractivity contribution in [1.82, 2.24) is 0 Å². The Labute approximate surface area is 96.4 Å². The lowest BCUT2D eigenvalue weighted by molar-refractivity contribution is 0.382. The zero-order valence-corrected chi connectivity index (χ0v) is 8.95. The molecule has 17 heavy (non-hydrogen) atoms. The first-order valence-electron chi connectivity index (χ1n) is 4.87. The summed E-state index contributed by atoms with van der Waals surface area (Å²) in [5, 5.41) is 18.7. The quantitative estimate of drug-likeness (QED) is 0.761. The van der Waals surface area contributed by atoms with Gasteiger partial charge in [0, 0.05) is 10.8 Å². The molecule has 88 valence electrons. The van der Waals surface area contributed by atoms with Crippen LogP contribution in [0, 0.1) is 11.6 Å². The van der Waals surface area contributed by atoms with Crippen LogP contribution in [0.15, 0.2) is 24.3 Å². The molecule has 0 fully saturated rings. The summed E-state index contributed by atoms with van der Waals surface area (Å²) in [4.78, 5) is 0. The minimum Gasteiger partial charge on any atom is -0.494 e. The number of rotatable bonds is 2. The summed E-state index contributed by atoms with van der Waals surface area (Å²) < 4.78 is 31.8. The standard InChI is InChI=1S/C11H9BF2O3/c1-17-11-9(14)5-7-6(10(11)12(15)16)3-2-4-8(7)13/h2-5,15-16H,1H3. The van der Waals surface area contributed by atoms with Crippen molar-refractivity contribution in [2.45, 2.75) is 0 Å². The van der Waals surface area contributed by atoms with E-state index >= 15 is 0 Å². The van der Waals surface area contributed by atoms with Crippen LogP contribution >= 0.6 is 0 Å². The van der Waals surface area contributed by atoms with Gasteiger partial charge in [-0.05, 0) is 17.5 Å². The maximum absolute atomic E-state index is 13.6. The smallest absolute Gasteiger partial charge is 0.493 e. The largest absolute Gasteiger partial charge is 0.494 e. The van der Waals surface area contributed by atoms with Crippen LogP contribution < -0.4 is 10.2 Å². The molecule has 0 aliphatic carbocycles. The van der Waals surface area contributed by atoms with Gasteiger partial charge < -0.3 is 14.8 Å². The van der Waals surface area contributed by atoms with Gasteiger partial charge in [-0.2, -0.15) is 0 Å². The van der Waals surface area contributed by atoms with Crippen molar-refractivity contribution in [3.05, 3.63) is 35.9 Å². The highest BCUT2D eigenvalue weighted by Crippen LogP contribution is 2.24. The first kappa shape index (κ1) is 11.8. The number of hydrogen-bond donors (Lipinski definition) is 2. The molecule has 0 saturated carbocycles. The van der Waals surface area contributed by atoms with E-state index in [0.717, 1.165) is 6.07 Å². The van der Waals surface area contributed by atoms with Gasteiger partial charge in [-0.1, -0.05) is 12.1 Å². The molecule has 2 rings (SSSR count). The van der Waals surface area contributed by atoms with Crippen molar-refractivity contribution < 1.29 is 23.6 Å². The van der Waals surface area contributed by atoms with Crippen molar-refractivity contribution >= 4 is 23.4 Å². The Balaban J connectivity index is 2.93. The highest BCUT2D eigenvalue weighted by atomic mass is 19.1. The van der Waals surface area contributed by atoms with Crippen molar-refractivity contribution in [2.24, 2.45) is 0 Å². The third kappa shape index (κ3) is 1.85. The lowest BCUT2D eigenvalue weighted by Crippen LogP contribution is -2.32. The summed E-state index contributed by atoms with van der Waals surface area (Å²) in [5.41, 5.74) is -0.179. The molecule has 0 saturated heterocycles. The molecule has 0 aliphatic heterocycles. The fourth-order valence-electron chi connectivity index (χ4n) is 1.83.